The van der Waals surface area contributed by atoms with Crippen molar-refractivity contribution in [2.24, 2.45) is 0 Å². The van der Waals surface area contributed by atoms with Crippen LogP contribution in [-0.2, 0) is 6.54 Å². The number of nitrogens with one attached hydrogen (secondary N) is 1. The van der Waals surface area contributed by atoms with Crippen LogP contribution in [0.5, 0.6) is 5.75 Å². The van der Waals surface area contributed by atoms with Gasteiger partial charge in [-0.1, -0.05) is 18.2 Å². The number of H-pyrrole nitrogens is 1. The predicted molar refractivity (Wildman–Crippen MR) is 109 cm³/mol. The molecule has 0 radical (unpaired) electrons. The van der Waals surface area contributed by atoms with Crippen LogP contribution in [0.4, 0.5) is 8.78 Å². The molecule has 1 aliphatic rings. The number of carbonyl (C=O) groups is 1. The average molecular weight is 428 g/mol. The van der Waals surface area contributed by atoms with Crippen LogP contribution in [0, 0.1) is 11.6 Å². The standard InChI is InChI=1S/C22H22F2N4O3/c1-31-16-7-5-14(6-8-16)13-28-20(25-26-22(28)30)15-9-11-27(12-10-15)21(29)19-17(23)3-2-4-18(19)24/h2-8,15H,9-13H2,1H3,(H,26,30). The number of hydrogen-bond acceptors (Lipinski definition) is 4. The van der Waals surface area contributed by atoms with Gasteiger partial charge in [-0.3, -0.25) is 9.36 Å². The van der Waals surface area contributed by atoms with Crippen LogP contribution in [-0.4, -0.2) is 45.8 Å². The molecule has 0 saturated carbocycles. The van der Waals surface area contributed by atoms with Crippen molar-refractivity contribution in [3.63, 3.8) is 0 Å². The third-order valence-corrected chi connectivity index (χ3v) is 5.61. The van der Waals surface area contributed by atoms with Crippen LogP contribution < -0.4 is 10.4 Å². The van der Waals surface area contributed by atoms with Gasteiger partial charge in [0.25, 0.3) is 5.91 Å². The second-order valence-electron chi connectivity index (χ2n) is 7.48. The summed E-state index contributed by atoms with van der Waals surface area (Å²) in [5.74, 6) is -1.10. The van der Waals surface area contributed by atoms with Gasteiger partial charge < -0.3 is 9.64 Å². The van der Waals surface area contributed by atoms with Crippen LogP contribution in [0.3, 0.4) is 0 Å². The quantitative estimate of drug-likeness (QED) is 0.678. The Morgan fingerprint density at radius 2 is 1.77 bits per heavy atom. The lowest BCUT2D eigenvalue weighted by molar-refractivity contribution is 0.0700. The van der Waals surface area contributed by atoms with Gasteiger partial charge in [-0.2, -0.15) is 5.10 Å². The van der Waals surface area contributed by atoms with E-state index in [0.29, 0.717) is 38.3 Å². The van der Waals surface area contributed by atoms with Gasteiger partial charge in [0.2, 0.25) is 0 Å². The van der Waals surface area contributed by atoms with E-state index in [1.54, 1.807) is 11.7 Å². The normalized spacial score (nSPS) is 14.6. The van der Waals surface area contributed by atoms with Crippen molar-refractivity contribution in [2.75, 3.05) is 20.2 Å². The van der Waals surface area contributed by atoms with Crippen molar-refractivity contribution >= 4 is 5.91 Å². The third-order valence-electron chi connectivity index (χ3n) is 5.61. The van der Waals surface area contributed by atoms with Gasteiger partial charge in [0.05, 0.1) is 13.7 Å². The molecule has 3 aromatic rings. The number of amides is 1. The van der Waals surface area contributed by atoms with Crippen molar-refractivity contribution < 1.29 is 18.3 Å². The molecule has 0 atom stereocenters. The summed E-state index contributed by atoms with van der Waals surface area (Å²) >= 11 is 0. The maximum Gasteiger partial charge on any atom is 0.343 e. The Morgan fingerprint density at radius 3 is 2.39 bits per heavy atom. The van der Waals surface area contributed by atoms with Gasteiger partial charge in [0.15, 0.2) is 0 Å². The number of aromatic amines is 1. The van der Waals surface area contributed by atoms with Gasteiger partial charge in [0, 0.05) is 19.0 Å². The Hall–Kier alpha value is -3.49. The molecule has 0 spiro atoms. The van der Waals surface area contributed by atoms with Gasteiger partial charge in [-0.05, 0) is 42.7 Å². The number of carbonyl (C=O) groups excluding carboxylic acids is 1. The Labute approximate surface area is 177 Å². The van der Waals surface area contributed by atoms with Crippen LogP contribution >= 0.6 is 0 Å². The number of rotatable bonds is 5. The zero-order chi connectivity index (χ0) is 22.0. The Bertz CT molecular complexity index is 1110. The van der Waals surface area contributed by atoms with Crippen molar-refractivity contribution in [3.05, 3.63) is 81.5 Å². The van der Waals surface area contributed by atoms with Crippen molar-refractivity contribution in [1.29, 1.82) is 0 Å². The van der Waals surface area contributed by atoms with E-state index < -0.39 is 23.1 Å². The molecule has 1 amide bonds. The number of halogens is 2. The number of hydrogen-bond donors (Lipinski definition) is 1. The minimum atomic E-state index is -0.868. The first-order valence-electron chi connectivity index (χ1n) is 9.99. The molecule has 0 unspecified atom stereocenters. The largest absolute Gasteiger partial charge is 0.497 e. The number of aromatic nitrogens is 3. The predicted octanol–water partition coefficient (Wildman–Crippen LogP) is 2.93. The fourth-order valence-corrected chi connectivity index (χ4v) is 3.91. The van der Waals surface area contributed by atoms with Gasteiger partial charge in [-0.15, -0.1) is 0 Å². The first-order valence-corrected chi connectivity index (χ1v) is 9.99. The number of nitrogens with zero attached hydrogens (tertiary/aromatic N) is 3. The van der Waals surface area contributed by atoms with E-state index in [-0.39, 0.29) is 11.6 Å². The second-order valence-corrected chi connectivity index (χ2v) is 7.48. The molecular weight excluding hydrogens is 406 g/mol. The monoisotopic (exact) mass is 428 g/mol. The highest BCUT2D eigenvalue weighted by atomic mass is 19.1. The average Bonchev–Trinajstić information content (AvgIpc) is 3.14. The first kappa shape index (κ1) is 20.8. The van der Waals surface area contributed by atoms with Gasteiger partial charge in [0.1, 0.15) is 28.8 Å². The van der Waals surface area contributed by atoms with Gasteiger partial charge >= 0.3 is 5.69 Å². The second kappa shape index (κ2) is 8.71. The smallest absolute Gasteiger partial charge is 0.343 e. The Morgan fingerprint density at radius 1 is 1.13 bits per heavy atom. The minimum absolute atomic E-state index is 0.0493. The highest BCUT2D eigenvalue weighted by molar-refractivity contribution is 5.94. The molecule has 2 heterocycles. The summed E-state index contributed by atoms with van der Waals surface area (Å²) in [5, 5.41) is 6.71. The minimum Gasteiger partial charge on any atom is -0.497 e. The molecule has 4 rings (SSSR count). The lowest BCUT2D eigenvalue weighted by Gasteiger charge is -2.31. The zero-order valence-corrected chi connectivity index (χ0v) is 17.0. The summed E-state index contributed by atoms with van der Waals surface area (Å²) in [6, 6.07) is 10.8. The number of ether oxygens (including phenoxy) is 1. The molecule has 9 heteroatoms. The topological polar surface area (TPSA) is 80.2 Å². The zero-order valence-electron chi connectivity index (χ0n) is 17.0. The summed E-state index contributed by atoms with van der Waals surface area (Å²) in [5.41, 5.74) is 0.0862. The number of methoxy groups -OCH3 is 1. The maximum atomic E-state index is 14.0. The van der Waals surface area contributed by atoms with Crippen LogP contribution in [0.1, 0.15) is 40.5 Å². The third kappa shape index (κ3) is 4.21. The molecule has 0 bridgehead atoms. The summed E-state index contributed by atoms with van der Waals surface area (Å²) < 4.78 is 34.7. The van der Waals surface area contributed by atoms with Crippen molar-refractivity contribution in [1.82, 2.24) is 19.7 Å². The summed E-state index contributed by atoms with van der Waals surface area (Å²) in [6.45, 7) is 0.996. The lowest BCUT2D eigenvalue weighted by Crippen LogP contribution is -2.39. The van der Waals surface area contributed by atoms with Crippen molar-refractivity contribution in [3.8, 4) is 5.75 Å². The van der Waals surface area contributed by atoms with E-state index in [0.717, 1.165) is 23.4 Å². The highest BCUT2D eigenvalue weighted by Crippen LogP contribution is 2.28. The number of benzene rings is 2. The van der Waals surface area contributed by atoms with Crippen molar-refractivity contribution in [2.45, 2.75) is 25.3 Å². The number of likely N-dealkylation sites (tertiary alicyclic amines) is 1. The summed E-state index contributed by atoms with van der Waals surface area (Å²) in [6.07, 6.45) is 1.07. The SMILES string of the molecule is COc1ccc(Cn2c(C3CCN(C(=O)c4c(F)cccc4F)CC3)n[nH]c2=O)cc1. The fourth-order valence-electron chi connectivity index (χ4n) is 3.91. The molecular formula is C22H22F2N4O3. The van der Waals surface area contributed by atoms with E-state index in [4.69, 9.17) is 4.74 Å². The van der Waals surface area contributed by atoms with Crippen LogP contribution in [0.2, 0.25) is 0 Å². The number of piperidine rings is 1. The van der Waals surface area contributed by atoms with E-state index in [9.17, 15) is 18.4 Å². The molecule has 7 nitrogen and oxygen atoms in total. The molecule has 1 fully saturated rings. The molecule has 1 saturated heterocycles. The Balaban J connectivity index is 1.47. The Kier molecular flexibility index (Phi) is 5.83. The maximum absolute atomic E-state index is 14.0. The van der Waals surface area contributed by atoms with Crippen LogP contribution in [0.25, 0.3) is 0 Å². The van der Waals surface area contributed by atoms with Gasteiger partial charge in [-0.25, -0.2) is 18.7 Å². The molecule has 31 heavy (non-hydrogen) atoms. The lowest BCUT2D eigenvalue weighted by atomic mass is 9.95. The van der Waals surface area contributed by atoms with E-state index >= 15 is 0 Å². The fraction of sp³-hybridized carbons (Fsp3) is 0.318. The molecule has 162 valence electrons. The highest BCUT2D eigenvalue weighted by Gasteiger charge is 2.30. The summed E-state index contributed by atoms with van der Waals surface area (Å²) in [7, 11) is 1.59. The molecule has 1 aliphatic heterocycles. The molecule has 2 aromatic carbocycles. The van der Waals surface area contributed by atoms with E-state index in [1.807, 2.05) is 24.3 Å². The molecule has 1 N–H and O–H groups in total. The van der Waals surface area contributed by atoms with E-state index in [1.165, 1.54) is 11.0 Å². The first-order chi connectivity index (χ1) is 15.0. The van der Waals surface area contributed by atoms with Crippen LogP contribution in [0.15, 0.2) is 47.3 Å². The molecule has 1 aromatic heterocycles. The molecule has 0 aliphatic carbocycles. The summed E-state index contributed by atoms with van der Waals surface area (Å²) in [4.78, 5) is 26.4. The van der Waals surface area contributed by atoms with E-state index in [2.05, 4.69) is 10.2 Å².